The van der Waals surface area contributed by atoms with Crippen molar-refractivity contribution in [3.05, 3.63) is 67.3 Å². The predicted octanol–water partition coefficient (Wildman–Crippen LogP) is 16.1. The van der Waals surface area contributed by atoms with Gasteiger partial charge in [0.15, 0.2) is 33.3 Å². The predicted molar refractivity (Wildman–Crippen MR) is 299 cm³/mol. The fourth-order valence-electron chi connectivity index (χ4n) is 6.45. The number of allylic oxidation sites excluding steroid dienone is 3. The molecule has 0 aliphatic rings. The summed E-state index contributed by atoms with van der Waals surface area (Å²) >= 11 is 0. The van der Waals surface area contributed by atoms with E-state index >= 15 is 0 Å². The van der Waals surface area contributed by atoms with Crippen LogP contribution in [0.4, 0.5) is 0 Å². The molecule has 0 aromatic heterocycles. The minimum Gasteiger partial charge on any atom is -0.496 e. The van der Waals surface area contributed by atoms with Gasteiger partial charge in [0.05, 0.1) is 25.4 Å². The Kier molecular flexibility index (Phi) is 26.6. The van der Waals surface area contributed by atoms with Gasteiger partial charge in [0.25, 0.3) is 0 Å². The standard InChI is InChI=1S/C33H58O5Si2.C22H48O3Si2/c1-15-18-25(3)29(38-40(13,14)33(7,8)9)24-27(22-23-36-39(11,12)32(4,5)6)37-31(34)30-26(19-16-2)20-17-21-28(30)35-10;1-13-14-18(2)20(25-27(11,12)22(6,7)8)17-19(23)15-16-24-26(9,10)21(3,4)5/h15-17,20-21,25,27,29H,1-2,18-19,22-24H2,3-14H3;13,18-20,23H,1,14-17H2,2-12H3/t25-,27+,29+;18-,19-,20+/m11/s1. The Labute approximate surface area is 418 Å². The summed E-state index contributed by atoms with van der Waals surface area (Å²) in [5, 5.41) is 11.2. The van der Waals surface area contributed by atoms with Gasteiger partial charge in [-0.25, -0.2) is 4.79 Å². The van der Waals surface area contributed by atoms with E-state index in [1.165, 1.54) is 0 Å². The molecule has 1 aromatic rings. The van der Waals surface area contributed by atoms with Gasteiger partial charge in [-0.3, -0.25) is 0 Å². The highest BCUT2D eigenvalue weighted by Gasteiger charge is 2.43. The highest BCUT2D eigenvalue weighted by atomic mass is 28.4. The maximum absolute atomic E-state index is 13.8. The van der Waals surface area contributed by atoms with Crippen molar-refractivity contribution >= 4 is 39.2 Å². The van der Waals surface area contributed by atoms with Crippen LogP contribution in [0.25, 0.3) is 0 Å². The first kappa shape index (κ1) is 65.4. The number of aliphatic hydroxyl groups is 1. The molecule has 1 rings (SSSR count). The molecule has 0 spiro atoms. The van der Waals surface area contributed by atoms with Crippen molar-refractivity contribution in [1.29, 1.82) is 0 Å². The molecule has 0 unspecified atom stereocenters. The Morgan fingerprint density at radius 1 is 0.627 bits per heavy atom. The van der Waals surface area contributed by atoms with Gasteiger partial charge in [-0.15, -0.1) is 19.7 Å². The average Bonchev–Trinajstić information content (AvgIpc) is 3.15. The van der Waals surface area contributed by atoms with Crippen LogP contribution in [0, 0.1) is 11.8 Å². The summed E-state index contributed by atoms with van der Waals surface area (Å²) in [6.07, 6.45) is 9.74. The molecule has 0 radical (unpaired) electrons. The van der Waals surface area contributed by atoms with Crippen LogP contribution in [-0.4, -0.2) is 89.1 Å². The Balaban J connectivity index is 0.00000141. The largest absolute Gasteiger partial charge is 0.496 e. The number of carbonyl (C=O) groups excluding carboxylic acids is 1. The Morgan fingerprint density at radius 3 is 1.40 bits per heavy atom. The van der Waals surface area contributed by atoms with E-state index in [0.29, 0.717) is 62.5 Å². The first-order valence-electron chi connectivity index (χ1n) is 25.3. The fourth-order valence-corrected chi connectivity index (χ4v) is 11.4. The smallest absolute Gasteiger partial charge is 0.342 e. The Morgan fingerprint density at radius 2 is 1.03 bits per heavy atom. The van der Waals surface area contributed by atoms with Crippen LogP contribution in [0.3, 0.4) is 0 Å². The second-order valence-corrected chi connectivity index (χ2v) is 44.4. The summed E-state index contributed by atoms with van der Waals surface area (Å²) in [6.45, 7) is 62.4. The molecule has 6 atom stereocenters. The lowest BCUT2D eigenvalue weighted by Gasteiger charge is -2.42. The van der Waals surface area contributed by atoms with Crippen molar-refractivity contribution in [1.82, 2.24) is 0 Å². The first-order chi connectivity index (χ1) is 30.3. The van der Waals surface area contributed by atoms with Gasteiger partial charge in [0.2, 0.25) is 0 Å². The summed E-state index contributed by atoms with van der Waals surface area (Å²) in [7, 11) is -6.10. The lowest BCUT2D eigenvalue weighted by molar-refractivity contribution is 0.00203. The van der Waals surface area contributed by atoms with Crippen LogP contribution in [0.5, 0.6) is 5.75 Å². The molecule has 0 aliphatic heterocycles. The van der Waals surface area contributed by atoms with Gasteiger partial charge in [0, 0.05) is 26.1 Å². The molecular weight excluding hydrogens is 901 g/mol. The summed E-state index contributed by atoms with van der Waals surface area (Å²) in [5.74, 6) is 0.716. The van der Waals surface area contributed by atoms with Crippen molar-refractivity contribution in [2.45, 2.75) is 239 Å². The number of methoxy groups -OCH3 is 1. The third-order valence-electron chi connectivity index (χ3n) is 15.5. The molecule has 0 amide bonds. The number of rotatable bonds is 27. The Bertz CT molecular complexity index is 1640. The summed E-state index contributed by atoms with van der Waals surface area (Å²) in [6, 6.07) is 5.61. The molecule has 1 N–H and O–H groups in total. The van der Waals surface area contributed by atoms with Crippen LogP contribution in [-0.2, 0) is 28.9 Å². The van der Waals surface area contributed by atoms with Gasteiger partial charge < -0.3 is 32.3 Å². The van der Waals surface area contributed by atoms with Gasteiger partial charge in [-0.1, -0.05) is 127 Å². The highest BCUT2D eigenvalue weighted by molar-refractivity contribution is 6.75. The maximum atomic E-state index is 13.8. The van der Waals surface area contributed by atoms with Gasteiger partial charge in [0.1, 0.15) is 17.4 Å². The van der Waals surface area contributed by atoms with E-state index in [0.717, 1.165) is 18.4 Å². The average molecular weight is 1010 g/mol. The summed E-state index contributed by atoms with van der Waals surface area (Å²) in [5.41, 5.74) is 1.30. The summed E-state index contributed by atoms with van der Waals surface area (Å²) in [4.78, 5) is 13.8. The number of hydrogen-bond acceptors (Lipinski definition) is 8. The van der Waals surface area contributed by atoms with E-state index < -0.39 is 39.4 Å². The third kappa shape index (κ3) is 21.7. The molecule has 67 heavy (non-hydrogen) atoms. The molecule has 8 nitrogen and oxygen atoms in total. The van der Waals surface area contributed by atoms with Crippen LogP contribution in [0.1, 0.15) is 151 Å². The molecular formula is C55H106O8Si4. The molecule has 390 valence electrons. The van der Waals surface area contributed by atoms with E-state index in [9.17, 15) is 9.90 Å². The SMILES string of the molecule is C=CC[C@@H](C)[C@H](C[C@H](O)CCO[Si](C)(C)C(C)(C)C)O[Si](C)(C)C(C)(C)C.C=CCc1cccc(OC)c1C(=O)O[C@@H](CCO[Si](C)(C)C(C)(C)C)C[C@H](O[Si](C)(C)C(C)(C)C)[C@H](C)CC=C. The molecule has 1 aromatic carbocycles. The fraction of sp³-hybridized carbons (Fsp3) is 0.764. The number of carbonyl (C=O) groups is 1. The second-order valence-electron chi connectivity index (χ2n) is 25.3. The zero-order chi connectivity index (χ0) is 52.6. The van der Waals surface area contributed by atoms with Crippen molar-refractivity contribution in [2.75, 3.05) is 20.3 Å². The second kappa shape index (κ2) is 27.3. The number of ether oxygens (including phenoxy) is 2. The van der Waals surface area contributed by atoms with Crippen LogP contribution in [0.15, 0.2) is 56.2 Å². The van der Waals surface area contributed by atoms with E-state index in [4.69, 9.17) is 27.2 Å². The zero-order valence-electron chi connectivity index (χ0n) is 47.7. The van der Waals surface area contributed by atoms with E-state index in [2.05, 4.69) is 169 Å². The summed E-state index contributed by atoms with van der Waals surface area (Å²) < 4.78 is 38.3. The first-order valence-corrected chi connectivity index (χ1v) is 36.9. The normalized spacial score (nSPS) is 16.1. The van der Waals surface area contributed by atoms with E-state index in [-0.39, 0.29) is 50.4 Å². The monoisotopic (exact) mass is 1010 g/mol. The lowest BCUT2D eigenvalue weighted by atomic mass is 9.95. The van der Waals surface area contributed by atoms with Gasteiger partial charge >= 0.3 is 5.97 Å². The van der Waals surface area contributed by atoms with Crippen molar-refractivity contribution in [2.24, 2.45) is 11.8 Å². The van der Waals surface area contributed by atoms with Crippen LogP contribution >= 0.6 is 0 Å². The minimum atomic E-state index is -2.08. The quantitative estimate of drug-likeness (QED) is 0.0529. The third-order valence-corrected chi connectivity index (χ3v) is 33.5. The molecule has 0 saturated heterocycles. The lowest BCUT2D eigenvalue weighted by Crippen LogP contribution is -2.46. The van der Waals surface area contributed by atoms with Crippen LogP contribution in [0.2, 0.25) is 72.5 Å². The molecule has 0 bridgehead atoms. The number of aliphatic hydroxyl groups excluding tert-OH is 1. The Hall–Kier alpha value is -1.62. The van der Waals surface area contributed by atoms with Crippen molar-refractivity contribution < 1.29 is 37.1 Å². The number of hydrogen-bond donors (Lipinski definition) is 1. The van der Waals surface area contributed by atoms with Gasteiger partial charge in [-0.2, -0.15) is 0 Å². The van der Waals surface area contributed by atoms with E-state index in [1.54, 1.807) is 19.3 Å². The molecule has 12 heteroatoms. The molecule has 0 fully saturated rings. The molecule has 0 heterocycles. The number of esters is 1. The molecule has 0 saturated carbocycles. The minimum absolute atomic E-state index is 0.0618. The van der Waals surface area contributed by atoms with Crippen molar-refractivity contribution in [3.8, 4) is 5.75 Å². The van der Waals surface area contributed by atoms with Crippen LogP contribution < -0.4 is 4.74 Å². The van der Waals surface area contributed by atoms with E-state index in [1.807, 2.05) is 24.3 Å². The highest BCUT2D eigenvalue weighted by Crippen LogP contribution is 2.42. The topological polar surface area (TPSA) is 92.7 Å². The van der Waals surface area contributed by atoms with Crippen molar-refractivity contribution in [3.63, 3.8) is 0 Å². The molecule has 0 aliphatic carbocycles. The van der Waals surface area contributed by atoms with Gasteiger partial charge in [-0.05, 0) is 128 Å². The number of benzene rings is 1. The maximum Gasteiger partial charge on any atom is 0.342 e. The zero-order valence-corrected chi connectivity index (χ0v) is 51.7.